The highest BCUT2D eigenvalue weighted by Crippen LogP contribution is 2.29. The summed E-state index contributed by atoms with van der Waals surface area (Å²) < 4.78 is 14.9. The van der Waals surface area contributed by atoms with Crippen molar-refractivity contribution in [3.05, 3.63) is 59.2 Å². The molecule has 0 saturated carbocycles. The molecule has 3 heterocycles. The monoisotopic (exact) mass is 296 g/mol. The van der Waals surface area contributed by atoms with Crippen LogP contribution in [0.15, 0.2) is 36.5 Å². The van der Waals surface area contributed by atoms with Gasteiger partial charge in [-0.05, 0) is 35.6 Å². The van der Waals surface area contributed by atoms with Gasteiger partial charge in [-0.25, -0.2) is 4.39 Å². The van der Waals surface area contributed by atoms with Crippen molar-refractivity contribution in [2.75, 3.05) is 13.1 Å². The van der Waals surface area contributed by atoms with Gasteiger partial charge in [-0.3, -0.25) is 4.79 Å². The second kappa shape index (κ2) is 5.21. The first kappa shape index (κ1) is 13.5. The first-order valence-corrected chi connectivity index (χ1v) is 7.63. The smallest absolute Gasteiger partial charge is 0.184 e. The van der Waals surface area contributed by atoms with Gasteiger partial charge in [-0.15, -0.1) is 0 Å². The van der Waals surface area contributed by atoms with Gasteiger partial charge in [0.05, 0.1) is 5.69 Å². The van der Waals surface area contributed by atoms with Crippen LogP contribution in [0.25, 0.3) is 11.8 Å². The van der Waals surface area contributed by atoms with E-state index in [4.69, 9.17) is 0 Å². The maximum absolute atomic E-state index is 13.3. The Morgan fingerprint density at radius 1 is 1.23 bits per heavy atom. The number of hydrogen-bond acceptors (Lipinski definition) is 2. The molecule has 1 aromatic heterocycles. The minimum absolute atomic E-state index is 0.0366. The van der Waals surface area contributed by atoms with E-state index in [0.717, 1.165) is 24.2 Å². The zero-order chi connectivity index (χ0) is 15.1. The number of Topliss-reactive ketones (excluding diaryl/α,β-unsaturated/α-hetero) is 1. The minimum Gasteiger partial charge on any atom is -0.317 e. The summed E-state index contributed by atoms with van der Waals surface area (Å²) in [6.07, 6.45) is 4.71. The van der Waals surface area contributed by atoms with Crippen molar-refractivity contribution in [2.24, 2.45) is 0 Å². The molecule has 0 spiro atoms. The van der Waals surface area contributed by atoms with Crippen molar-refractivity contribution < 1.29 is 9.18 Å². The van der Waals surface area contributed by atoms with Crippen molar-refractivity contribution in [1.29, 1.82) is 0 Å². The fraction of sp³-hybridized carbons (Fsp3) is 0.278. The van der Waals surface area contributed by atoms with E-state index in [0.29, 0.717) is 18.0 Å². The Morgan fingerprint density at radius 3 is 2.77 bits per heavy atom. The molecule has 112 valence electrons. The third-order valence-corrected chi connectivity index (χ3v) is 4.56. The number of carbonyl (C=O) groups is 1. The Morgan fingerprint density at radius 2 is 2.05 bits per heavy atom. The Labute approximate surface area is 128 Å². The third kappa shape index (κ3) is 2.29. The lowest BCUT2D eigenvalue weighted by Crippen LogP contribution is -2.11. The number of benzene rings is 1. The van der Waals surface area contributed by atoms with Gasteiger partial charge in [0.25, 0.3) is 0 Å². The van der Waals surface area contributed by atoms with Crippen molar-refractivity contribution in [2.45, 2.75) is 18.8 Å². The number of nitrogens with zero attached hydrogens (tertiary/aromatic N) is 1. The summed E-state index contributed by atoms with van der Waals surface area (Å²) in [5.74, 6) is 0.177. The minimum atomic E-state index is -0.370. The van der Waals surface area contributed by atoms with Gasteiger partial charge in [0, 0.05) is 31.4 Å². The molecule has 22 heavy (non-hydrogen) atoms. The first-order valence-electron chi connectivity index (χ1n) is 7.63. The fourth-order valence-electron chi connectivity index (χ4n) is 3.34. The summed E-state index contributed by atoms with van der Waals surface area (Å²) in [7, 11) is 0. The molecule has 1 unspecified atom stereocenters. The largest absolute Gasteiger partial charge is 0.317 e. The van der Waals surface area contributed by atoms with Crippen molar-refractivity contribution in [3.63, 3.8) is 0 Å². The Bertz CT molecular complexity index is 752. The van der Waals surface area contributed by atoms with Gasteiger partial charge in [0.15, 0.2) is 5.78 Å². The molecule has 4 rings (SSSR count). The van der Waals surface area contributed by atoms with E-state index in [1.54, 1.807) is 4.57 Å². The zero-order valence-corrected chi connectivity index (χ0v) is 12.2. The van der Waals surface area contributed by atoms with E-state index in [9.17, 15) is 9.18 Å². The SMILES string of the molecule is O=C1CC(c2ccc(C3CCNC3)cc2)=Cn2cc(F)cc21. The molecule has 3 nitrogen and oxygen atoms in total. The second-order valence-corrected chi connectivity index (χ2v) is 6.02. The molecule has 0 aliphatic carbocycles. The lowest BCUT2D eigenvalue weighted by molar-refractivity contribution is 0.0990. The lowest BCUT2D eigenvalue weighted by atomic mass is 9.93. The second-order valence-electron chi connectivity index (χ2n) is 6.02. The van der Waals surface area contributed by atoms with Gasteiger partial charge < -0.3 is 9.88 Å². The Balaban J connectivity index is 1.64. The molecule has 0 radical (unpaired) electrons. The van der Waals surface area contributed by atoms with Crippen LogP contribution >= 0.6 is 0 Å². The highest BCUT2D eigenvalue weighted by Gasteiger charge is 2.21. The molecule has 1 saturated heterocycles. The molecule has 1 fully saturated rings. The molecule has 1 N–H and O–H groups in total. The number of nitrogens with one attached hydrogen (secondary N) is 1. The van der Waals surface area contributed by atoms with Crippen LogP contribution in [0.5, 0.6) is 0 Å². The van der Waals surface area contributed by atoms with Crippen molar-refractivity contribution in [1.82, 2.24) is 9.88 Å². The van der Waals surface area contributed by atoms with Crippen LogP contribution in [0.2, 0.25) is 0 Å². The standard InChI is InChI=1S/C18H17FN2O/c19-16-8-17-18(22)7-15(10-21(17)11-16)13-3-1-12(2-4-13)14-5-6-20-9-14/h1-4,8,10-11,14,20H,5-7,9H2. The summed E-state index contributed by atoms with van der Waals surface area (Å²) in [5, 5.41) is 3.37. The normalized spacial score (nSPS) is 20.9. The summed E-state index contributed by atoms with van der Waals surface area (Å²) in [6.45, 7) is 2.11. The van der Waals surface area contributed by atoms with Crippen LogP contribution in [-0.4, -0.2) is 23.4 Å². The molecular formula is C18H17FN2O. The third-order valence-electron chi connectivity index (χ3n) is 4.56. The topological polar surface area (TPSA) is 34.0 Å². The number of halogens is 1. The highest BCUT2D eigenvalue weighted by molar-refractivity contribution is 6.06. The van der Waals surface area contributed by atoms with E-state index in [-0.39, 0.29) is 11.6 Å². The molecule has 2 aliphatic heterocycles. The molecule has 2 aromatic rings. The number of aromatic nitrogens is 1. The van der Waals surface area contributed by atoms with Crippen LogP contribution in [0.3, 0.4) is 0 Å². The van der Waals surface area contributed by atoms with Gasteiger partial charge in [-0.1, -0.05) is 24.3 Å². The van der Waals surface area contributed by atoms with E-state index in [1.165, 1.54) is 24.2 Å². The van der Waals surface area contributed by atoms with Gasteiger partial charge in [0.2, 0.25) is 0 Å². The first-order chi connectivity index (χ1) is 10.7. The summed E-state index contributed by atoms with van der Waals surface area (Å²) in [4.78, 5) is 12.1. The van der Waals surface area contributed by atoms with Crippen molar-refractivity contribution >= 4 is 17.6 Å². The van der Waals surface area contributed by atoms with Crippen LogP contribution in [-0.2, 0) is 0 Å². The van der Waals surface area contributed by atoms with Gasteiger partial charge in [-0.2, -0.15) is 0 Å². The maximum atomic E-state index is 13.3. The number of ketones is 1. The quantitative estimate of drug-likeness (QED) is 0.922. The predicted octanol–water partition coefficient (Wildman–Crippen LogP) is 3.29. The average Bonchev–Trinajstić information content (AvgIpc) is 3.16. The number of carbonyl (C=O) groups excluding carboxylic acids is 1. The van der Waals surface area contributed by atoms with Crippen molar-refractivity contribution in [3.8, 4) is 0 Å². The average molecular weight is 296 g/mol. The molecule has 2 aliphatic rings. The van der Waals surface area contributed by atoms with Gasteiger partial charge in [0.1, 0.15) is 5.82 Å². The van der Waals surface area contributed by atoms with E-state index >= 15 is 0 Å². The maximum Gasteiger partial charge on any atom is 0.184 e. The summed E-state index contributed by atoms with van der Waals surface area (Å²) in [5.41, 5.74) is 3.73. The summed E-state index contributed by atoms with van der Waals surface area (Å²) >= 11 is 0. The Kier molecular flexibility index (Phi) is 3.19. The van der Waals surface area contributed by atoms with E-state index in [1.807, 2.05) is 6.20 Å². The molecule has 0 bridgehead atoms. The van der Waals surface area contributed by atoms with Crippen LogP contribution in [0.1, 0.15) is 40.4 Å². The zero-order valence-electron chi connectivity index (χ0n) is 12.2. The van der Waals surface area contributed by atoms with E-state index < -0.39 is 0 Å². The van der Waals surface area contributed by atoms with E-state index in [2.05, 4.69) is 29.6 Å². The molecule has 1 atom stereocenters. The number of allylic oxidation sites excluding steroid dienone is 1. The van der Waals surface area contributed by atoms with Gasteiger partial charge >= 0.3 is 0 Å². The lowest BCUT2D eigenvalue weighted by Gasteiger charge is -2.16. The fourth-order valence-corrected chi connectivity index (χ4v) is 3.34. The summed E-state index contributed by atoms with van der Waals surface area (Å²) in [6, 6.07) is 9.72. The number of fused-ring (bicyclic) bond motifs is 1. The molecule has 4 heteroatoms. The molecular weight excluding hydrogens is 279 g/mol. The molecule has 1 aromatic carbocycles. The van der Waals surface area contributed by atoms with Crippen LogP contribution in [0, 0.1) is 5.82 Å². The van der Waals surface area contributed by atoms with Crippen LogP contribution in [0.4, 0.5) is 4.39 Å². The number of rotatable bonds is 2. The number of hydrogen-bond donors (Lipinski definition) is 1. The van der Waals surface area contributed by atoms with Crippen LogP contribution < -0.4 is 5.32 Å². The predicted molar refractivity (Wildman–Crippen MR) is 84.2 cm³/mol. The molecule has 0 amide bonds. The Hall–Kier alpha value is -2.20. The highest BCUT2D eigenvalue weighted by atomic mass is 19.1.